The number of aliphatic carboxylic acids is 1. The summed E-state index contributed by atoms with van der Waals surface area (Å²) in [4.78, 5) is 23.3. The monoisotopic (exact) mass is 463 g/mol. The topological polar surface area (TPSA) is 84.9 Å². The van der Waals surface area contributed by atoms with Gasteiger partial charge in [0, 0.05) is 6.42 Å². The van der Waals surface area contributed by atoms with E-state index in [1.807, 2.05) is 32.9 Å². The molecule has 1 aromatic carbocycles. The lowest BCUT2D eigenvalue weighted by atomic mass is 10.1. The molecule has 0 saturated heterocycles. The van der Waals surface area contributed by atoms with Crippen LogP contribution in [-0.4, -0.2) is 34.4 Å². The zero-order valence-corrected chi connectivity index (χ0v) is 17.6. The fraction of sp³-hybridized carbons (Fsp3) is 0.556. The molecule has 0 spiro atoms. The first kappa shape index (κ1) is 21.5. The molecule has 0 heterocycles. The van der Waals surface area contributed by atoms with Gasteiger partial charge in [-0.3, -0.25) is 0 Å². The highest BCUT2D eigenvalue weighted by Gasteiger charge is 2.24. The van der Waals surface area contributed by atoms with Crippen molar-refractivity contribution in [1.82, 2.24) is 5.32 Å². The zero-order chi connectivity index (χ0) is 19.4. The third-order valence-corrected chi connectivity index (χ3v) is 3.68. The number of carbonyl (C=O) groups excluding carboxylic acids is 1. The number of nitrogens with one attached hydrogen (secondary N) is 1. The van der Waals surface area contributed by atoms with Crippen molar-refractivity contribution in [1.29, 1.82) is 0 Å². The number of hydrogen-bond donors (Lipinski definition) is 2. The predicted molar refractivity (Wildman–Crippen MR) is 104 cm³/mol. The number of carbonyl (C=O) groups is 2. The van der Waals surface area contributed by atoms with Crippen molar-refractivity contribution in [2.24, 2.45) is 0 Å². The molecule has 0 radical (unpaired) electrons. The Bertz CT molecular complexity index is 631. The minimum atomic E-state index is -1.11. The Morgan fingerprint density at radius 1 is 1.16 bits per heavy atom. The largest absolute Gasteiger partial charge is 0.487 e. The third kappa shape index (κ3) is 8.42. The van der Waals surface area contributed by atoms with Crippen molar-refractivity contribution in [3.05, 3.63) is 27.3 Å². The summed E-state index contributed by atoms with van der Waals surface area (Å²) in [6.45, 7) is 11.0. The maximum absolute atomic E-state index is 11.8. The highest BCUT2D eigenvalue weighted by molar-refractivity contribution is 14.1. The summed E-state index contributed by atoms with van der Waals surface area (Å²) >= 11 is 2.15. The number of carboxylic acid groups (broad SMARTS) is 1. The minimum Gasteiger partial charge on any atom is -0.487 e. The molecular weight excluding hydrogens is 437 g/mol. The van der Waals surface area contributed by atoms with Gasteiger partial charge in [0.05, 0.1) is 3.57 Å². The van der Waals surface area contributed by atoms with Crippen LogP contribution in [0.25, 0.3) is 0 Å². The lowest BCUT2D eigenvalue weighted by Crippen LogP contribution is -2.44. The standard InChI is InChI=1S/C18H26INO5/c1-17(2,3)24-14-8-7-11(9-12(14)19)10-13(15(21)22)20-16(23)25-18(4,5)6/h7-9,13H,10H2,1-6H3,(H,20,23)(H,21,22)/t13-/m1/s1. The second kappa shape index (κ2) is 8.25. The lowest BCUT2D eigenvalue weighted by Gasteiger charge is -2.23. The van der Waals surface area contributed by atoms with Gasteiger partial charge in [0.2, 0.25) is 0 Å². The Balaban J connectivity index is 2.84. The molecule has 1 aromatic rings. The Morgan fingerprint density at radius 3 is 2.20 bits per heavy atom. The molecule has 2 N–H and O–H groups in total. The maximum atomic E-state index is 11.8. The maximum Gasteiger partial charge on any atom is 0.408 e. The number of alkyl carbamates (subject to hydrolysis) is 1. The van der Waals surface area contributed by atoms with Crippen LogP contribution in [0.15, 0.2) is 18.2 Å². The summed E-state index contributed by atoms with van der Waals surface area (Å²) in [5.74, 6) is -0.375. The smallest absolute Gasteiger partial charge is 0.408 e. The van der Waals surface area contributed by atoms with E-state index in [1.165, 1.54) is 0 Å². The van der Waals surface area contributed by atoms with Gasteiger partial charge in [-0.25, -0.2) is 9.59 Å². The van der Waals surface area contributed by atoms with Crippen molar-refractivity contribution in [2.75, 3.05) is 0 Å². The quantitative estimate of drug-likeness (QED) is 0.646. The summed E-state index contributed by atoms with van der Waals surface area (Å²) in [5, 5.41) is 11.8. The van der Waals surface area contributed by atoms with Gasteiger partial charge in [0.25, 0.3) is 0 Å². The number of carboxylic acids is 1. The van der Waals surface area contributed by atoms with Crippen LogP contribution < -0.4 is 10.1 Å². The van der Waals surface area contributed by atoms with Crippen molar-refractivity contribution in [2.45, 2.75) is 65.2 Å². The summed E-state index contributed by atoms with van der Waals surface area (Å²) < 4.78 is 11.8. The van der Waals surface area contributed by atoms with E-state index in [-0.39, 0.29) is 12.0 Å². The number of ether oxygens (including phenoxy) is 2. The second-order valence-electron chi connectivity index (χ2n) is 7.72. The summed E-state index contributed by atoms with van der Waals surface area (Å²) in [5.41, 5.74) is -0.216. The van der Waals surface area contributed by atoms with Crippen LogP contribution in [0.3, 0.4) is 0 Å². The average Bonchev–Trinajstić information content (AvgIpc) is 2.37. The summed E-state index contributed by atoms with van der Waals surface area (Å²) in [7, 11) is 0. The molecule has 0 aromatic heterocycles. The first-order valence-corrected chi connectivity index (χ1v) is 9.04. The van der Waals surface area contributed by atoms with Gasteiger partial charge < -0.3 is 19.9 Å². The van der Waals surface area contributed by atoms with E-state index in [0.717, 1.165) is 14.9 Å². The molecule has 0 aliphatic heterocycles. The normalized spacial score (nSPS) is 13.1. The van der Waals surface area contributed by atoms with Crippen LogP contribution in [0.1, 0.15) is 47.1 Å². The molecular formula is C18H26INO5. The third-order valence-electron chi connectivity index (χ3n) is 2.84. The molecule has 0 aliphatic carbocycles. The van der Waals surface area contributed by atoms with E-state index in [2.05, 4.69) is 27.9 Å². The zero-order valence-electron chi connectivity index (χ0n) is 15.5. The van der Waals surface area contributed by atoms with Gasteiger partial charge in [-0.15, -0.1) is 0 Å². The van der Waals surface area contributed by atoms with Crippen molar-refractivity contribution in [3.8, 4) is 5.75 Å². The van der Waals surface area contributed by atoms with Gasteiger partial charge in [0.1, 0.15) is 23.0 Å². The molecule has 0 unspecified atom stereocenters. The van der Waals surface area contributed by atoms with Crippen LogP contribution >= 0.6 is 22.6 Å². The van der Waals surface area contributed by atoms with E-state index >= 15 is 0 Å². The molecule has 1 rings (SSSR count). The lowest BCUT2D eigenvalue weighted by molar-refractivity contribution is -0.139. The van der Waals surface area contributed by atoms with Gasteiger partial charge >= 0.3 is 12.1 Å². The Kier molecular flexibility index (Phi) is 7.10. The molecule has 0 saturated carbocycles. The van der Waals surface area contributed by atoms with Crippen LogP contribution in [0.5, 0.6) is 5.75 Å². The van der Waals surface area contributed by atoms with E-state index in [0.29, 0.717) is 0 Å². The SMILES string of the molecule is CC(C)(C)OC(=O)N[C@H](Cc1ccc(OC(C)(C)C)c(I)c1)C(=O)O. The highest BCUT2D eigenvalue weighted by Crippen LogP contribution is 2.26. The molecule has 0 bridgehead atoms. The first-order valence-electron chi connectivity index (χ1n) is 7.96. The van der Waals surface area contributed by atoms with Gasteiger partial charge in [-0.2, -0.15) is 0 Å². The van der Waals surface area contributed by atoms with Crippen LogP contribution in [0.4, 0.5) is 4.79 Å². The number of halogens is 1. The van der Waals surface area contributed by atoms with Gasteiger partial charge in [0.15, 0.2) is 0 Å². The minimum absolute atomic E-state index is 0.153. The second-order valence-corrected chi connectivity index (χ2v) is 8.88. The fourth-order valence-corrected chi connectivity index (χ4v) is 2.66. The Labute approximate surface area is 162 Å². The summed E-state index contributed by atoms with van der Waals surface area (Å²) in [6.07, 6.45) is -0.595. The molecule has 7 heteroatoms. The van der Waals surface area contributed by atoms with Crippen molar-refractivity contribution < 1.29 is 24.2 Å². The number of amides is 1. The van der Waals surface area contributed by atoms with Gasteiger partial charge in [-0.1, -0.05) is 6.07 Å². The first-order chi connectivity index (χ1) is 11.3. The Hall–Kier alpha value is -1.51. The molecule has 0 fully saturated rings. The van der Waals surface area contributed by atoms with Crippen LogP contribution in [-0.2, 0) is 16.0 Å². The number of benzene rings is 1. The molecule has 6 nitrogen and oxygen atoms in total. The van der Waals surface area contributed by atoms with E-state index in [1.54, 1.807) is 26.8 Å². The predicted octanol–water partition coefficient (Wildman–Crippen LogP) is 3.99. The van der Waals surface area contributed by atoms with E-state index < -0.39 is 23.7 Å². The molecule has 25 heavy (non-hydrogen) atoms. The molecule has 1 amide bonds. The summed E-state index contributed by atoms with van der Waals surface area (Å²) in [6, 6.07) is 4.40. The fourth-order valence-electron chi connectivity index (χ4n) is 1.97. The van der Waals surface area contributed by atoms with Crippen molar-refractivity contribution in [3.63, 3.8) is 0 Å². The molecule has 0 aliphatic rings. The number of rotatable bonds is 5. The Morgan fingerprint density at radius 2 is 1.76 bits per heavy atom. The van der Waals surface area contributed by atoms with Crippen LogP contribution in [0, 0.1) is 3.57 Å². The average molecular weight is 463 g/mol. The van der Waals surface area contributed by atoms with Gasteiger partial charge in [-0.05, 0) is 81.8 Å². The van der Waals surface area contributed by atoms with E-state index in [4.69, 9.17) is 9.47 Å². The highest BCUT2D eigenvalue weighted by atomic mass is 127. The number of hydrogen-bond acceptors (Lipinski definition) is 4. The van der Waals surface area contributed by atoms with E-state index in [9.17, 15) is 14.7 Å². The molecule has 140 valence electrons. The van der Waals surface area contributed by atoms with Crippen molar-refractivity contribution >= 4 is 34.7 Å². The molecule has 1 atom stereocenters. The van der Waals surface area contributed by atoms with Crippen LogP contribution in [0.2, 0.25) is 0 Å².